The first kappa shape index (κ1) is 23.2. The van der Waals surface area contributed by atoms with Crippen molar-refractivity contribution in [3.63, 3.8) is 0 Å². The minimum absolute atomic E-state index is 0.178. The van der Waals surface area contributed by atoms with Crippen LogP contribution in [0.2, 0.25) is 0 Å². The van der Waals surface area contributed by atoms with E-state index in [0.717, 1.165) is 46.2 Å². The van der Waals surface area contributed by atoms with Crippen molar-refractivity contribution in [3.8, 4) is 23.0 Å². The van der Waals surface area contributed by atoms with E-state index in [0.29, 0.717) is 0 Å². The van der Waals surface area contributed by atoms with Crippen molar-refractivity contribution in [1.82, 2.24) is 0 Å². The first-order valence-electron chi connectivity index (χ1n) is 13.8. The van der Waals surface area contributed by atoms with Gasteiger partial charge in [0.1, 0.15) is 23.0 Å². The molecule has 3 aliphatic carbocycles. The Morgan fingerprint density at radius 3 is 1.55 bits per heavy atom. The second kappa shape index (κ2) is 8.83. The summed E-state index contributed by atoms with van der Waals surface area (Å²) in [7, 11) is 0. The molecule has 38 heavy (non-hydrogen) atoms. The molecule has 3 fully saturated rings. The molecule has 0 aromatic heterocycles. The number of fused-ring (bicyclic) bond motifs is 5. The number of rotatable bonds is 6. The maximum atomic E-state index is 6.12. The van der Waals surface area contributed by atoms with E-state index in [4.69, 9.17) is 20.9 Å². The highest BCUT2D eigenvalue weighted by atomic mass is 16.5. The topological polar surface area (TPSA) is 70.5 Å². The van der Waals surface area contributed by atoms with Gasteiger partial charge in [-0.3, -0.25) is 0 Å². The van der Waals surface area contributed by atoms with Crippen LogP contribution < -0.4 is 20.9 Å². The molecule has 3 aliphatic rings. The van der Waals surface area contributed by atoms with Crippen molar-refractivity contribution >= 4 is 11.4 Å². The van der Waals surface area contributed by atoms with Crippen LogP contribution in [0.5, 0.6) is 23.0 Å². The average molecular weight is 503 g/mol. The summed E-state index contributed by atoms with van der Waals surface area (Å²) in [4.78, 5) is 0. The van der Waals surface area contributed by atoms with Crippen LogP contribution in [0.25, 0.3) is 0 Å². The third kappa shape index (κ3) is 3.58. The van der Waals surface area contributed by atoms with Gasteiger partial charge < -0.3 is 20.9 Å². The molecule has 0 saturated heterocycles. The predicted molar refractivity (Wildman–Crippen MR) is 153 cm³/mol. The van der Waals surface area contributed by atoms with Crippen molar-refractivity contribution in [2.45, 2.75) is 49.4 Å². The van der Waals surface area contributed by atoms with Crippen LogP contribution in [0.1, 0.15) is 49.7 Å². The molecule has 4 aromatic rings. The lowest BCUT2D eigenvalue weighted by molar-refractivity contribution is 0.170. The van der Waals surface area contributed by atoms with Crippen molar-refractivity contribution in [2.24, 2.45) is 11.8 Å². The third-order valence-corrected chi connectivity index (χ3v) is 9.70. The number of benzene rings is 4. The highest BCUT2D eigenvalue weighted by molar-refractivity contribution is 5.50. The number of nitrogen functional groups attached to an aromatic ring is 2. The first-order chi connectivity index (χ1) is 18.6. The van der Waals surface area contributed by atoms with Gasteiger partial charge in [-0.05, 0) is 128 Å². The quantitative estimate of drug-likeness (QED) is 0.261. The minimum Gasteiger partial charge on any atom is -0.457 e. The van der Waals surface area contributed by atoms with E-state index in [2.05, 4.69) is 48.5 Å². The number of anilines is 2. The van der Waals surface area contributed by atoms with Gasteiger partial charge >= 0.3 is 0 Å². The van der Waals surface area contributed by atoms with Crippen LogP contribution in [0.3, 0.4) is 0 Å². The van der Waals surface area contributed by atoms with E-state index in [9.17, 15) is 0 Å². The molecule has 0 heterocycles. The Morgan fingerprint density at radius 1 is 0.553 bits per heavy atom. The number of hydrogen-bond acceptors (Lipinski definition) is 4. The van der Waals surface area contributed by atoms with E-state index in [1.165, 1.54) is 49.7 Å². The fraction of sp³-hybridized carbons (Fsp3) is 0.294. The molecule has 4 heteroatoms. The van der Waals surface area contributed by atoms with Gasteiger partial charge in [0.2, 0.25) is 0 Å². The largest absolute Gasteiger partial charge is 0.457 e. The number of hydrogen-bond donors (Lipinski definition) is 2. The molecule has 4 unspecified atom stereocenters. The van der Waals surface area contributed by atoms with E-state index < -0.39 is 0 Å². The van der Waals surface area contributed by atoms with Crippen LogP contribution in [-0.4, -0.2) is 0 Å². The third-order valence-electron chi connectivity index (χ3n) is 9.70. The minimum atomic E-state index is 0.178. The number of ether oxygens (including phenoxy) is 2. The molecule has 2 bridgehead atoms. The van der Waals surface area contributed by atoms with Crippen LogP contribution in [0.4, 0.5) is 11.4 Å². The van der Waals surface area contributed by atoms with Crippen LogP contribution in [0.15, 0.2) is 97.1 Å². The Balaban J connectivity index is 1.20. The molecular weight excluding hydrogens is 468 g/mol. The summed E-state index contributed by atoms with van der Waals surface area (Å²) in [6.45, 7) is 0. The standard InChI is InChI=1S/C34H34N2O2/c35-26-7-15-30(16-8-26)37-28-11-3-24(4-12-28)33-21-19-23(22-33)32-2-1-20-34(32,33)25-5-13-29(14-6-25)38-31-17-9-27(36)10-18-31/h3-18,23,32H,1-2,19-22,35-36H2. The summed E-state index contributed by atoms with van der Waals surface area (Å²) in [5.41, 5.74) is 16.5. The molecule has 4 N–H and O–H groups in total. The monoisotopic (exact) mass is 502 g/mol. The molecule has 7 rings (SSSR count). The molecule has 0 aliphatic heterocycles. The van der Waals surface area contributed by atoms with Gasteiger partial charge in [-0.1, -0.05) is 30.7 Å². The maximum Gasteiger partial charge on any atom is 0.127 e. The fourth-order valence-electron chi connectivity index (χ4n) is 8.26. The lowest BCUT2D eigenvalue weighted by Gasteiger charge is -2.49. The second-order valence-corrected chi connectivity index (χ2v) is 11.4. The molecular formula is C34H34N2O2. The zero-order valence-corrected chi connectivity index (χ0v) is 21.6. The summed E-state index contributed by atoms with van der Waals surface area (Å²) in [5, 5.41) is 0. The van der Waals surface area contributed by atoms with Crippen molar-refractivity contribution in [2.75, 3.05) is 11.5 Å². The lowest BCUT2D eigenvalue weighted by atomic mass is 9.54. The van der Waals surface area contributed by atoms with E-state index in [1.54, 1.807) is 0 Å². The lowest BCUT2D eigenvalue weighted by Crippen LogP contribution is -2.47. The molecule has 192 valence electrons. The zero-order chi connectivity index (χ0) is 25.7. The normalized spacial score (nSPS) is 27.3. The van der Waals surface area contributed by atoms with Crippen LogP contribution in [0, 0.1) is 11.8 Å². The number of nitrogens with two attached hydrogens (primary N) is 2. The Morgan fingerprint density at radius 2 is 1.03 bits per heavy atom. The molecule has 0 spiro atoms. The molecule has 0 radical (unpaired) electrons. The Bertz CT molecular complexity index is 1430. The predicted octanol–water partition coefficient (Wildman–Crippen LogP) is 8.23. The van der Waals surface area contributed by atoms with Crippen molar-refractivity contribution in [1.29, 1.82) is 0 Å². The van der Waals surface area contributed by atoms with Crippen LogP contribution >= 0.6 is 0 Å². The van der Waals surface area contributed by atoms with Gasteiger partial charge in [-0.2, -0.15) is 0 Å². The first-order valence-corrected chi connectivity index (χ1v) is 13.8. The maximum absolute atomic E-state index is 6.12. The highest BCUT2D eigenvalue weighted by Crippen LogP contribution is 2.73. The van der Waals surface area contributed by atoms with Crippen LogP contribution in [-0.2, 0) is 10.8 Å². The summed E-state index contributed by atoms with van der Waals surface area (Å²) < 4.78 is 12.2. The van der Waals surface area contributed by atoms with E-state index in [-0.39, 0.29) is 10.8 Å². The van der Waals surface area contributed by atoms with Crippen molar-refractivity contribution in [3.05, 3.63) is 108 Å². The Hall–Kier alpha value is -3.92. The molecule has 4 atom stereocenters. The van der Waals surface area contributed by atoms with E-state index in [1.807, 2.05) is 48.5 Å². The molecule has 4 nitrogen and oxygen atoms in total. The average Bonchev–Trinajstić information content (AvgIpc) is 3.65. The van der Waals surface area contributed by atoms with Gasteiger partial charge in [-0.25, -0.2) is 0 Å². The SMILES string of the molecule is Nc1ccc(Oc2ccc(C34CCC(C3)C3CCCC34c3ccc(Oc4ccc(N)cc4)cc3)cc2)cc1. The van der Waals surface area contributed by atoms with Crippen molar-refractivity contribution < 1.29 is 9.47 Å². The fourth-order valence-corrected chi connectivity index (χ4v) is 8.26. The summed E-state index contributed by atoms with van der Waals surface area (Å²) in [6.07, 6.45) is 7.80. The Labute approximate surface area is 224 Å². The second-order valence-electron chi connectivity index (χ2n) is 11.4. The smallest absolute Gasteiger partial charge is 0.127 e. The highest BCUT2D eigenvalue weighted by Gasteiger charge is 2.68. The summed E-state index contributed by atoms with van der Waals surface area (Å²) in [6, 6.07) is 33.1. The summed E-state index contributed by atoms with van der Waals surface area (Å²) in [5.74, 6) is 4.91. The molecule has 0 amide bonds. The zero-order valence-electron chi connectivity index (χ0n) is 21.6. The van der Waals surface area contributed by atoms with Gasteiger partial charge in [-0.15, -0.1) is 0 Å². The van der Waals surface area contributed by atoms with Gasteiger partial charge in [0.25, 0.3) is 0 Å². The van der Waals surface area contributed by atoms with Gasteiger partial charge in [0, 0.05) is 22.2 Å². The Kier molecular flexibility index (Phi) is 5.40. The molecule has 4 aromatic carbocycles. The summed E-state index contributed by atoms with van der Waals surface area (Å²) >= 11 is 0. The van der Waals surface area contributed by atoms with E-state index >= 15 is 0 Å². The molecule has 3 saturated carbocycles. The van der Waals surface area contributed by atoms with Gasteiger partial charge in [0.05, 0.1) is 0 Å². The van der Waals surface area contributed by atoms with Gasteiger partial charge in [0.15, 0.2) is 0 Å².